The van der Waals surface area contributed by atoms with Crippen LogP contribution >= 0.6 is 0 Å². The molecule has 0 fully saturated rings. The van der Waals surface area contributed by atoms with E-state index in [1.165, 1.54) is 0 Å². The second-order valence-corrected chi connectivity index (χ2v) is 7.59. The van der Waals surface area contributed by atoms with Crippen molar-refractivity contribution in [2.24, 2.45) is 5.73 Å². The monoisotopic (exact) mass is 456 g/mol. The quantitative estimate of drug-likeness (QED) is 0.388. The average Bonchev–Trinajstić information content (AvgIpc) is 2.86. The van der Waals surface area contributed by atoms with Crippen LogP contribution in [0.3, 0.4) is 0 Å². The molecule has 0 spiro atoms. The van der Waals surface area contributed by atoms with Gasteiger partial charge in [-0.3, -0.25) is 0 Å². The van der Waals surface area contributed by atoms with E-state index in [0.717, 1.165) is 17.5 Å². The minimum absolute atomic E-state index is 0.00109. The van der Waals surface area contributed by atoms with Crippen LogP contribution < -0.4 is 24.7 Å². The number of benzene rings is 3. The van der Waals surface area contributed by atoms with Crippen LogP contribution in [0.25, 0.3) is 0 Å². The fourth-order valence-corrected chi connectivity index (χ4v) is 3.70. The molecule has 1 aliphatic rings. The highest BCUT2D eigenvalue weighted by Crippen LogP contribution is 2.45. The molecular weight excluding hydrogens is 432 g/mol. The lowest BCUT2D eigenvalue weighted by Gasteiger charge is -2.28. The molecule has 3 aromatic rings. The SMILES string of the molecule is CCCOc1ccccc1C1C(C#N)=C(N)Oc2cc(OC(=O)COc3ccccc3)ccc21. The van der Waals surface area contributed by atoms with E-state index in [9.17, 15) is 10.1 Å². The van der Waals surface area contributed by atoms with Gasteiger partial charge in [0.25, 0.3) is 0 Å². The van der Waals surface area contributed by atoms with E-state index in [2.05, 4.69) is 6.07 Å². The maximum absolute atomic E-state index is 12.3. The van der Waals surface area contributed by atoms with Gasteiger partial charge in [-0.1, -0.05) is 49.4 Å². The summed E-state index contributed by atoms with van der Waals surface area (Å²) in [5.41, 5.74) is 7.93. The summed E-state index contributed by atoms with van der Waals surface area (Å²) in [6.45, 7) is 2.33. The molecule has 4 rings (SSSR count). The van der Waals surface area contributed by atoms with Crippen LogP contribution in [0.15, 0.2) is 84.3 Å². The van der Waals surface area contributed by atoms with Crippen LogP contribution in [0.4, 0.5) is 0 Å². The van der Waals surface area contributed by atoms with Crippen molar-refractivity contribution in [3.63, 3.8) is 0 Å². The number of nitrogens with two attached hydrogens (primary N) is 1. The molecule has 1 unspecified atom stereocenters. The van der Waals surface area contributed by atoms with Gasteiger partial charge in [0.15, 0.2) is 6.61 Å². The first kappa shape index (κ1) is 22.7. The van der Waals surface area contributed by atoms with Crippen molar-refractivity contribution >= 4 is 5.97 Å². The van der Waals surface area contributed by atoms with Crippen molar-refractivity contribution in [1.29, 1.82) is 5.26 Å². The molecule has 1 aliphatic heterocycles. The number of ether oxygens (including phenoxy) is 4. The van der Waals surface area contributed by atoms with Gasteiger partial charge in [-0.2, -0.15) is 5.26 Å². The summed E-state index contributed by atoms with van der Waals surface area (Å²) in [5.74, 6) is 0.895. The number of carbonyl (C=O) groups excluding carboxylic acids is 1. The van der Waals surface area contributed by atoms with E-state index < -0.39 is 11.9 Å². The number of rotatable bonds is 8. The first-order chi connectivity index (χ1) is 16.6. The zero-order valence-electron chi connectivity index (χ0n) is 18.7. The lowest BCUT2D eigenvalue weighted by Crippen LogP contribution is -2.22. The van der Waals surface area contributed by atoms with Gasteiger partial charge < -0.3 is 24.7 Å². The first-order valence-electron chi connectivity index (χ1n) is 10.9. The molecule has 7 nitrogen and oxygen atoms in total. The second-order valence-electron chi connectivity index (χ2n) is 7.59. The molecule has 34 heavy (non-hydrogen) atoms. The molecule has 7 heteroatoms. The number of esters is 1. The average molecular weight is 456 g/mol. The van der Waals surface area contributed by atoms with E-state index in [1.54, 1.807) is 30.3 Å². The van der Waals surface area contributed by atoms with E-state index in [4.69, 9.17) is 24.7 Å². The molecule has 172 valence electrons. The first-order valence-corrected chi connectivity index (χ1v) is 10.9. The van der Waals surface area contributed by atoms with Gasteiger partial charge in [0.1, 0.15) is 34.6 Å². The van der Waals surface area contributed by atoms with Gasteiger partial charge in [0, 0.05) is 17.2 Å². The van der Waals surface area contributed by atoms with Crippen molar-refractivity contribution in [1.82, 2.24) is 0 Å². The molecule has 1 atom stereocenters. The van der Waals surface area contributed by atoms with E-state index >= 15 is 0 Å². The fraction of sp³-hybridized carbons (Fsp3) is 0.185. The molecule has 0 saturated carbocycles. The lowest BCUT2D eigenvalue weighted by atomic mass is 9.83. The standard InChI is InChI=1S/C27H24N2O5/c1-2-14-31-23-11-7-6-10-20(23)26-21-13-12-19(15-24(21)34-27(29)22(26)16-28)33-25(30)17-32-18-8-4-3-5-9-18/h3-13,15,26H,2,14,17,29H2,1H3. The largest absolute Gasteiger partial charge is 0.493 e. The van der Waals surface area contributed by atoms with Crippen LogP contribution in [-0.2, 0) is 4.79 Å². The van der Waals surface area contributed by atoms with Gasteiger partial charge in [-0.05, 0) is 30.7 Å². The third-order valence-corrected chi connectivity index (χ3v) is 5.21. The highest BCUT2D eigenvalue weighted by atomic mass is 16.6. The number of carbonyl (C=O) groups is 1. The summed E-state index contributed by atoms with van der Waals surface area (Å²) >= 11 is 0. The molecule has 0 radical (unpaired) electrons. The summed E-state index contributed by atoms with van der Waals surface area (Å²) in [6, 6.07) is 23.7. The number of hydrogen-bond acceptors (Lipinski definition) is 7. The normalized spacial score (nSPS) is 14.4. The molecule has 0 aromatic heterocycles. The topological polar surface area (TPSA) is 104 Å². The Balaban J connectivity index is 1.59. The number of fused-ring (bicyclic) bond motifs is 1. The fourth-order valence-electron chi connectivity index (χ4n) is 3.70. The molecule has 1 heterocycles. The van der Waals surface area contributed by atoms with Crippen molar-refractivity contribution < 1.29 is 23.7 Å². The minimum atomic E-state index is -0.560. The highest BCUT2D eigenvalue weighted by Gasteiger charge is 2.33. The Kier molecular flexibility index (Phi) is 6.99. The molecule has 0 aliphatic carbocycles. The second kappa shape index (κ2) is 10.5. The predicted octanol–water partition coefficient (Wildman–Crippen LogP) is 4.68. The van der Waals surface area contributed by atoms with E-state index in [-0.39, 0.29) is 18.2 Å². The van der Waals surface area contributed by atoms with Crippen LogP contribution in [-0.4, -0.2) is 19.2 Å². The summed E-state index contributed by atoms with van der Waals surface area (Å²) in [7, 11) is 0. The summed E-state index contributed by atoms with van der Waals surface area (Å²) in [6.07, 6.45) is 0.852. The van der Waals surface area contributed by atoms with Gasteiger partial charge >= 0.3 is 5.97 Å². The Morgan fingerprint density at radius 1 is 1.00 bits per heavy atom. The Labute approximate surface area is 197 Å². The zero-order chi connectivity index (χ0) is 23.9. The van der Waals surface area contributed by atoms with Crippen molar-refractivity contribution in [3.8, 4) is 29.1 Å². The number of hydrogen-bond donors (Lipinski definition) is 1. The molecule has 0 saturated heterocycles. The van der Waals surface area contributed by atoms with E-state index in [0.29, 0.717) is 29.4 Å². The molecule has 2 N–H and O–H groups in total. The van der Waals surface area contributed by atoms with Gasteiger partial charge in [0.2, 0.25) is 5.88 Å². The Morgan fingerprint density at radius 2 is 1.76 bits per heavy atom. The van der Waals surface area contributed by atoms with Crippen molar-refractivity contribution in [3.05, 3.63) is 95.4 Å². The minimum Gasteiger partial charge on any atom is -0.493 e. The lowest BCUT2D eigenvalue weighted by molar-refractivity contribution is -0.136. The Morgan fingerprint density at radius 3 is 2.53 bits per heavy atom. The third-order valence-electron chi connectivity index (χ3n) is 5.21. The summed E-state index contributed by atoms with van der Waals surface area (Å²) in [5, 5.41) is 9.82. The van der Waals surface area contributed by atoms with Crippen molar-refractivity contribution in [2.45, 2.75) is 19.3 Å². The summed E-state index contributed by atoms with van der Waals surface area (Å²) < 4.78 is 22.5. The zero-order valence-corrected chi connectivity index (χ0v) is 18.7. The third kappa shape index (κ3) is 4.97. The van der Waals surface area contributed by atoms with Gasteiger partial charge in [0.05, 0.1) is 12.5 Å². The molecule has 0 amide bonds. The Bertz CT molecular complexity index is 1250. The highest BCUT2D eigenvalue weighted by molar-refractivity contribution is 5.74. The van der Waals surface area contributed by atoms with Crippen LogP contribution in [0, 0.1) is 11.3 Å². The van der Waals surface area contributed by atoms with Crippen molar-refractivity contribution in [2.75, 3.05) is 13.2 Å². The number of nitrogens with zero attached hydrogens (tertiary/aromatic N) is 1. The maximum Gasteiger partial charge on any atom is 0.349 e. The predicted molar refractivity (Wildman–Crippen MR) is 126 cm³/mol. The van der Waals surface area contributed by atoms with E-state index in [1.807, 2.05) is 49.4 Å². The molecule has 3 aromatic carbocycles. The van der Waals surface area contributed by atoms with Crippen LogP contribution in [0.1, 0.15) is 30.4 Å². The van der Waals surface area contributed by atoms with Crippen LogP contribution in [0.5, 0.6) is 23.0 Å². The Hall–Kier alpha value is -4.44. The van der Waals surface area contributed by atoms with Gasteiger partial charge in [-0.25, -0.2) is 4.79 Å². The molecular formula is C27H24N2O5. The smallest absolute Gasteiger partial charge is 0.349 e. The number of para-hydroxylation sites is 2. The molecule has 0 bridgehead atoms. The van der Waals surface area contributed by atoms with Gasteiger partial charge in [-0.15, -0.1) is 0 Å². The number of allylic oxidation sites excluding steroid dienone is 1. The van der Waals surface area contributed by atoms with Crippen LogP contribution in [0.2, 0.25) is 0 Å². The number of nitriles is 1. The summed E-state index contributed by atoms with van der Waals surface area (Å²) in [4.78, 5) is 12.3. The maximum atomic E-state index is 12.3.